The highest BCUT2D eigenvalue weighted by molar-refractivity contribution is 7.89. The molecule has 0 aliphatic carbocycles. The molecule has 4 aromatic rings. The molecule has 168 valence electrons. The highest BCUT2D eigenvalue weighted by Gasteiger charge is 2.24. The molecule has 0 radical (unpaired) electrons. The Hall–Kier alpha value is -2.71. The van der Waals surface area contributed by atoms with Gasteiger partial charge >= 0.3 is 0 Å². The highest BCUT2D eigenvalue weighted by atomic mass is 35.5. The van der Waals surface area contributed by atoms with E-state index < -0.39 is 15.6 Å². The highest BCUT2D eigenvalue weighted by Crippen LogP contribution is 2.34. The molecule has 0 atom stereocenters. The first-order valence-electron chi connectivity index (χ1n) is 8.87. The molecule has 0 aliphatic rings. The van der Waals surface area contributed by atoms with Crippen LogP contribution in [0.4, 0.5) is 10.9 Å². The first-order valence-corrected chi connectivity index (χ1v) is 12.0. The number of thiazole rings is 1. The lowest BCUT2D eigenvalue weighted by Gasteiger charge is -2.10. The zero-order valence-electron chi connectivity index (χ0n) is 16.6. The Morgan fingerprint density at radius 2 is 1.88 bits per heavy atom. The van der Waals surface area contributed by atoms with Crippen molar-refractivity contribution in [3.05, 3.63) is 49.4 Å². The minimum absolute atomic E-state index is 0.0351. The Morgan fingerprint density at radius 3 is 2.41 bits per heavy atom. The summed E-state index contributed by atoms with van der Waals surface area (Å²) in [5, 5.41) is 12.0. The average molecular weight is 515 g/mol. The standard InChI is InChI=1S/C17H16Cl2N8O3S2/c1-26(2)15-12-14(23-11(24-16(12)28)3-7-6-31-17(20)22-7)27(25-15)13-9(18)4-8(5-10(13)19)32(21,29)30/h4-6H,3H2,1-2H3,(H2,20,22)(H2,21,29,30)(H,23,24,28). The van der Waals surface area contributed by atoms with E-state index in [-0.39, 0.29) is 38.1 Å². The van der Waals surface area contributed by atoms with Gasteiger partial charge in [0.2, 0.25) is 10.0 Å². The van der Waals surface area contributed by atoms with Gasteiger partial charge in [0.05, 0.1) is 20.6 Å². The number of fused-ring (bicyclic) bond motifs is 1. The Labute approximate surface area is 195 Å². The lowest BCUT2D eigenvalue weighted by molar-refractivity contribution is 0.598. The number of nitrogens with one attached hydrogen (secondary N) is 1. The number of halogens is 2. The second-order valence-corrected chi connectivity index (χ2v) is 10.2. The molecule has 15 heteroatoms. The molecular weight excluding hydrogens is 499 g/mol. The Balaban J connectivity index is 1.98. The summed E-state index contributed by atoms with van der Waals surface area (Å²) < 4.78 is 24.7. The van der Waals surface area contributed by atoms with Crippen LogP contribution in [0, 0.1) is 0 Å². The second kappa shape index (κ2) is 8.01. The molecule has 0 amide bonds. The van der Waals surface area contributed by atoms with Crippen LogP contribution in [0.15, 0.2) is 27.2 Å². The van der Waals surface area contributed by atoms with Crippen molar-refractivity contribution in [2.75, 3.05) is 24.7 Å². The largest absolute Gasteiger partial charge is 0.375 e. The fourth-order valence-corrected chi connectivity index (χ4v) is 4.99. The second-order valence-electron chi connectivity index (χ2n) is 6.98. The third-order valence-corrected chi connectivity index (χ3v) is 6.63. The number of nitrogens with two attached hydrogens (primary N) is 2. The van der Waals surface area contributed by atoms with Crippen LogP contribution in [-0.2, 0) is 16.4 Å². The molecule has 3 aromatic heterocycles. The number of aromatic nitrogens is 5. The Bertz CT molecular complexity index is 1500. The topological polar surface area (TPSA) is 166 Å². The van der Waals surface area contributed by atoms with Crippen LogP contribution in [0.1, 0.15) is 11.5 Å². The van der Waals surface area contributed by atoms with Crippen molar-refractivity contribution in [3.63, 3.8) is 0 Å². The van der Waals surface area contributed by atoms with Crippen LogP contribution >= 0.6 is 34.5 Å². The smallest absolute Gasteiger partial charge is 0.264 e. The number of rotatable bonds is 5. The summed E-state index contributed by atoms with van der Waals surface area (Å²) in [7, 11) is -0.611. The molecule has 3 heterocycles. The van der Waals surface area contributed by atoms with Crippen LogP contribution in [0.5, 0.6) is 0 Å². The number of benzene rings is 1. The number of sulfonamides is 1. The lowest BCUT2D eigenvalue weighted by Crippen LogP contribution is -2.16. The zero-order valence-corrected chi connectivity index (χ0v) is 19.8. The van der Waals surface area contributed by atoms with E-state index in [2.05, 4.69) is 20.1 Å². The van der Waals surface area contributed by atoms with Crippen molar-refractivity contribution >= 4 is 66.5 Å². The number of hydrogen-bond acceptors (Lipinski definition) is 9. The summed E-state index contributed by atoms with van der Waals surface area (Å²) >= 11 is 14.0. The number of nitrogens with zero attached hydrogens (tertiary/aromatic N) is 5. The summed E-state index contributed by atoms with van der Waals surface area (Å²) in [5.41, 5.74) is 6.24. The fourth-order valence-electron chi connectivity index (χ4n) is 3.09. The first kappa shape index (κ1) is 22.5. The summed E-state index contributed by atoms with van der Waals surface area (Å²) in [5.74, 6) is 0.647. The van der Waals surface area contributed by atoms with Gasteiger partial charge in [-0.05, 0) is 12.1 Å². The van der Waals surface area contributed by atoms with Gasteiger partial charge in [-0.2, -0.15) is 0 Å². The number of H-pyrrole nitrogens is 1. The van der Waals surface area contributed by atoms with Crippen LogP contribution in [0.25, 0.3) is 16.7 Å². The van der Waals surface area contributed by atoms with E-state index in [0.717, 1.165) is 12.1 Å². The molecule has 0 aliphatic heterocycles. The predicted octanol–water partition coefficient (Wildman–Crippen LogP) is 1.76. The van der Waals surface area contributed by atoms with Crippen LogP contribution in [-0.4, -0.2) is 47.2 Å². The van der Waals surface area contributed by atoms with Gasteiger partial charge in [-0.3, -0.25) is 4.79 Å². The molecule has 0 spiro atoms. The third-order valence-electron chi connectivity index (χ3n) is 4.44. The molecular formula is C17H16Cl2N8O3S2. The lowest BCUT2D eigenvalue weighted by atomic mass is 10.3. The van der Waals surface area contributed by atoms with Crippen molar-refractivity contribution < 1.29 is 8.42 Å². The maximum atomic E-state index is 12.9. The molecule has 0 saturated carbocycles. The predicted molar refractivity (Wildman–Crippen MR) is 125 cm³/mol. The van der Waals surface area contributed by atoms with E-state index in [0.29, 0.717) is 22.5 Å². The molecule has 1 aromatic carbocycles. The number of nitrogen functional groups attached to an aromatic ring is 1. The van der Waals surface area contributed by atoms with E-state index in [1.54, 1.807) is 24.4 Å². The van der Waals surface area contributed by atoms with Gasteiger partial charge < -0.3 is 15.6 Å². The van der Waals surface area contributed by atoms with E-state index >= 15 is 0 Å². The number of primary sulfonamides is 1. The monoisotopic (exact) mass is 514 g/mol. The Morgan fingerprint density at radius 1 is 1.22 bits per heavy atom. The first-order chi connectivity index (χ1) is 15.0. The molecule has 11 nitrogen and oxygen atoms in total. The van der Waals surface area contributed by atoms with Crippen LogP contribution in [0.2, 0.25) is 10.0 Å². The molecule has 0 fully saturated rings. The van der Waals surface area contributed by atoms with Gasteiger partial charge in [-0.1, -0.05) is 23.2 Å². The zero-order chi connectivity index (χ0) is 23.4. The maximum Gasteiger partial charge on any atom is 0.264 e. The molecule has 0 saturated heterocycles. The van der Waals surface area contributed by atoms with E-state index in [4.69, 9.17) is 34.1 Å². The van der Waals surface area contributed by atoms with E-state index in [1.807, 2.05) is 0 Å². The van der Waals surface area contributed by atoms with Crippen LogP contribution in [0.3, 0.4) is 0 Å². The van der Waals surface area contributed by atoms with Crippen molar-refractivity contribution in [2.24, 2.45) is 5.14 Å². The fraction of sp³-hybridized carbons (Fsp3) is 0.176. The van der Waals surface area contributed by atoms with E-state index in [1.165, 1.54) is 16.0 Å². The van der Waals surface area contributed by atoms with Crippen molar-refractivity contribution in [3.8, 4) is 5.69 Å². The summed E-state index contributed by atoms with van der Waals surface area (Å²) in [6.07, 6.45) is 0.229. The number of anilines is 2. The van der Waals surface area contributed by atoms with Crippen LogP contribution < -0.4 is 21.3 Å². The maximum absolute atomic E-state index is 12.9. The van der Waals surface area contributed by atoms with Gasteiger partial charge in [0.25, 0.3) is 5.56 Å². The molecule has 0 unspecified atom stereocenters. The number of aromatic amines is 1. The van der Waals surface area contributed by atoms with E-state index in [9.17, 15) is 13.2 Å². The molecule has 5 N–H and O–H groups in total. The van der Waals surface area contributed by atoms with Gasteiger partial charge in [0.15, 0.2) is 16.6 Å². The van der Waals surface area contributed by atoms with Gasteiger partial charge in [-0.15, -0.1) is 16.4 Å². The molecule has 0 bridgehead atoms. The summed E-state index contributed by atoms with van der Waals surface area (Å²) in [6, 6.07) is 2.32. The van der Waals surface area contributed by atoms with Gasteiger partial charge in [-0.25, -0.2) is 28.2 Å². The molecule has 32 heavy (non-hydrogen) atoms. The number of hydrogen-bond donors (Lipinski definition) is 3. The van der Waals surface area contributed by atoms with Crippen molar-refractivity contribution in [1.29, 1.82) is 0 Å². The third kappa shape index (κ3) is 4.04. The van der Waals surface area contributed by atoms with Crippen molar-refractivity contribution in [1.82, 2.24) is 24.7 Å². The van der Waals surface area contributed by atoms with Gasteiger partial charge in [0.1, 0.15) is 16.9 Å². The minimum Gasteiger partial charge on any atom is -0.375 e. The summed E-state index contributed by atoms with van der Waals surface area (Å²) in [4.78, 5) is 25.8. The van der Waals surface area contributed by atoms with Gasteiger partial charge in [0, 0.05) is 25.9 Å². The summed E-state index contributed by atoms with van der Waals surface area (Å²) in [6.45, 7) is 0. The minimum atomic E-state index is -4.04. The SMILES string of the molecule is CN(C)c1nn(-c2c(Cl)cc(S(N)(=O)=O)cc2Cl)c2nc(Cc3csc(N)n3)[nH]c(=O)c12. The quantitative estimate of drug-likeness (QED) is 0.362. The van der Waals surface area contributed by atoms with Crippen molar-refractivity contribution in [2.45, 2.75) is 11.3 Å². The normalized spacial score (nSPS) is 11.9. The average Bonchev–Trinajstić information content (AvgIpc) is 3.25. The Kier molecular flexibility index (Phi) is 5.63. The molecule has 4 rings (SSSR count).